The van der Waals surface area contributed by atoms with Crippen LogP contribution in [0.4, 0.5) is 34.1 Å². The number of rotatable bonds is 6. The van der Waals surface area contributed by atoms with Crippen LogP contribution in [0, 0.1) is 20.2 Å². The molecule has 0 aliphatic heterocycles. The fourth-order valence-electron chi connectivity index (χ4n) is 2.55. The summed E-state index contributed by atoms with van der Waals surface area (Å²) in [4.78, 5) is 20.0. The Bertz CT molecular complexity index is 1260. The van der Waals surface area contributed by atoms with E-state index in [2.05, 4.69) is 20.5 Å². The van der Waals surface area contributed by atoms with E-state index in [1.165, 1.54) is 72.8 Å². The van der Waals surface area contributed by atoms with Gasteiger partial charge in [0.05, 0.1) is 32.6 Å². The van der Waals surface area contributed by atoms with Gasteiger partial charge in [0, 0.05) is 24.3 Å². The third-order valence-electron chi connectivity index (χ3n) is 4.38. The lowest BCUT2D eigenvalue weighted by molar-refractivity contribution is -0.385. The molecule has 0 saturated heterocycles. The van der Waals surface area contributed by atoms with Crippen molar-refractivity contribution in [2.45, 2.75) is 0 Å². The number of azo groups is 2. The number of nitrogens with zero attached hydrogens (tertiary/aromatic N) is 6. The summed E-state index contributed by atoms with van der Waals surface area (Å²) in [5, 5.41) is 54.8. The van der Waals surface area contributed by atoms with Crippen LogP contribution in [0.15, 0.2) is 118 Å². The zero-order valence-electron chi connectivity index (χ0n) is 18.4. The van der Waals surface area contributed by atoms with Gasteiger partial charge in [-0.3, -0.25) is 20.2 Å². The molecule has 0 aliphatic rings. The van der Waals surface area contributed by atoms with E-state index < -0.39 is 9.85 Å². The van der Waals surface area contributed by atoms with Gasteiger partial charge in [-0.25, -0.2) is 0 Å². The predicted molar refractivity (Wildman–Crippen MR) is 131 cm³/mol. The highest BCUT2D eigenvalue weighted by atomic mass is 16.6. The number of benzene rings is 4. The highest BCUT2D eigenvalue weighted by molar-refractivity contribution is 5.46. The number of aromatic hydroxyl groups is 2. The minimum Gasteiger partial charge on any atom is -0.508 e. The van der Waals surface area contributed by atoms with Crippen LogP contribution in [0.2, 0.25) is 0 Å². The van der Waals surface area contributed by atoms with Crippen molar-refractivity contribution in [3.05, 3.63) is 117 Å². The minimum absolute atomic E-state index is 0.0126. The Morgan fingerprint density at radius 2 is 0.667 bits per heavy atom. The third kappa shape index (κ3) is 7.81. The van der Waals surface area contributed by atoms with Crippen LogP contribution >= 0.6 is 0 Å². The molecule has 0 heterocycles. The second kappa shape index (κ2) is 12.1. The number of phenols is 2. The van der Waals surface area contributed by atoms with Crippen LogP contribution < -0.4 is 0 Å². The Morgan fingerprint density at radius 3 is 0.889 bits per heavy atom. The Morgan fingerprint density at radius 1 is 0.444 bits per heavy atom. The third-order valence-corrected chi connectivity index (χ3v) is 4.38. The van der Waals surface area contributed by atoms with E-state index in [1.54, 1.807) is 24.3 Å². The fourth-order valence-corrected chi connectivity index (χ4v) is 2.55. The summed E-state index contributed by atoms with van der Waals surface area (Å²) in [6.45, 7) is 0. The van der Waals surface area contributed by atoms with Crippen molar-refractivity contribution >= 4 is 34.1 Å². The Kier molecular flexibility index (Phi) is 8.43. The molecule has 0 atom stereocenters. The van der Waals surface area contributed by atoms with Gasteiger partial charge in [0.1, 0.15) is 11.5 Å². The van der Waals surface area contributed by atoms with Gasteiger partial charge < -0.3 is 10.2 Å². The maximum Gasteiger partial charge on any atom is 0.269 e. The number of hydrogen-bond acceptors (Lipinski definition) is 10. The van der Waals surface area contributed by atoms with Crippen molar-refractivity contribution in [3.63, 3.8) is 0 Å². The van der Waals surface area contributed by atoms with E-state index in [0.717, 1.165) is 0 Å². The number of nitro groups is 2. The maximum absolute atomic E-state index is 10.5. The summed E-state index contributed by atoms with van der Waals surface area (Å²) in [5.41, 5.74) is 2.25. The van der Waals surface area contributed by atoms with Gasteiger partial charge >= 0.3 is 0 Å². The van der Waals surface area contributed by atoms with Crippen molar-refractivity contribution in [1.29, 1.82) is 0 Å². The second-order valence-electron chi connectivity index (χ2n) is 6.98. The molecule has 0 spiro atoms. The molecule has 0 bridgehead atoms. The minimum atomic E-state index is -0.471. The molecule has 4 aromatic rings. The van der Waals surface area contributed by atoms with Gasteiger partial charge in [-0.2, -0.15) is 20.5 Å². The molecule has 4 rings (SSSR count). The van der Waals surface area contributed by atoms with Crippen molar-refractivity contribution in [3.8, 4) is 11.5 Å². The van der Waals surface area contributed by atoms with Gasteiger partial charge in [0.25, 0.3) is 11.4 Å². The Balaban J connectivity index is 0.000000201. The lowest BCUT2D eigenvalue weighted by Crippen LogP contribution is -1.85. The van der Waals surface area contributed by atoms with E-state index in [1.807, 2.05) is 0 Å². The topological polar surface area (TPSA) is 176 Å². The molecular weight excluding hydrogens is 468 g/mol. The van der Waals surface area contributed by atoms with Crippen molar-refractivity contribution in [2.24, 2.45) is 20.5 Å². The van der Waals surface area contributed by atoms with Gasteiger partial charge in [-0.15, -0.1) is 0 Å². The molecule has 12 heteroatoms. The van der Waals surface area contributed by atoms with E-state index in [0.29, 0.717) is 22.7 Å². The molecular formula is C24H18N6O6. The molecule has 0 aliphatic carbocycles. The standard InChI is InChI=1S/2C12H9N3O3/c2*16-12-7-3-10(4-8-12)14-13-9-1-5-11(6-2-9)15(17)18/h2*1-8,16H. The summed E-state index contributed by atoms with van der Waals surface area (Å²) < 4.78 is 0. The highest BCUT2D eigenvalue weighted by Crippen LogP contribution is 2.23. The number of non-ortho nitro benzene ring substituents is 2. The summed E-state index contributed by atoms with van der Waals surface area (Å²) in [6.07, 6.45) is 0. The van der Waals surface area contributed by atoms with Crippen LogP contribution in [-0.4, -0.2) is 20.1 Å². The average Bonchev–Trinajstić information content (AvgIpc) is 2.89. The fraction of sp³-hybridized carbons (Fsp3) is 0. The zero-order valence-corrected chi connectivity index (χ0v) is 18.4. The molecule has 12 nitrogen and oxygen atoms in total. The van der Waals surface area contributed by atoms with Crippen LogP contribution in [0.1, 0.15) is 0 Å². The van der Waals surface area contributed by atoms with Gasteiger partial charge in [-0.05, 0) is 72.8 Å². The molecule has 4 aromatic carbocycles. The number of nitro benzene ring substituents is 2. The summed E-state index contributed by atoms with van der Waals surface area (Å²) in [6, 6.07) is 24.0. The zero-order chi connectivity index (χ0) is 25.9. The maximum atomic E-state index is 10.5. The van der Waals surface area contributed by atoms with Gasteiger partial charge in [0.2, 0.25) is 0 Å². The first-order valence-corrected chi connectivity index (χ1v) is 10.2. The molecule has 0 aromatic heterocycles. The van der Waals surface area contributed by atoms with E-state index >= 15 is 0 Å². The lowest BCUT2D eigenvalue weighted by Gasteiger charge is -1.94. The van der Waals surface area contributed by atoms with Crippen LogP contribution in [0.5, 0.6) is 11.5 Å². The monoisotopic (exact) mass is 486 g/mol. The first-order valence-electron chi connectivity index (χ1n) is 10.2. The molecule has 0 saturated carbocycles. The van der Waals surface area contributed by atoms with E-state index in [4.69, 9.17) is 10.2 Å². The Hall–Kier alpha value is -5.52. The molecule has 2 N–H and O–H groups in total. The van der Waals surface area contributed by atoms with Crippen LogP contribution in [0.25, 0.3) is 0 Å². The van der Waals surface area contributed by atoms with Crippen molar-refractivity contribution in [2.75, 3.05) is 0 Å². The summed E-state index contributed by atoms with van der Waals surface area (Å²) >= 11 is 0. The molecule has 0 amide bonds. The average molecular weight is 486 g/mol. The first-order chi connectivity index (χ1) is 17.3. The second-order valence-corrected chi connectivity index (χ2v) is 6.98. The highest BCUT2D eigenvalue weighted by Gasteiger charge is 2.04. The van der Waals surface area contributed by atoms with E-state index in [9.17, 15) is 20.2 Å². The smallest absolute Gasteiger partial charge is 0.269 e. The normalized spacial score (nSPS) is 10.7. The molecule has 0 unspecified atom stereocenters. The quantitative estimate of drug-likeness (QED) is 0.162. The lowest BCUT2D eigenvalue weighted by atomic mass is 10.3. The number of phenolic OH excluding ortho intramolecular Hbond substituents is 2. The number of hydrogen-bond donors (Lipinski definition) is 2. The molecule has 0 fully saturated rings. The SMILES string of the molecule is O=[N+]([O-])c1ccc(N=Nc2ccc(O)cc2)cc1.O=[N+]([O-])c1ccc(N=Nc2ccc(O)cc2)cc1. The Labute approximate surface area is 203 Å². The predicted octanol–water partition coefficient (Wildman–Crippen LogP) is 7.43. The molecule has 0 radical (unpaired) electrons. The summed E-state index contributed by atoms with van der Waals surface area (Å²) in [7, 11) is 0. The first kappa shape index (κ1) is 25.1. The van der Waals surface area contributed by atoms with Gasteiger partial charge in [-0.1, -0.05) is 0 Å². The van der Waals surface area contributed by atoms with E-state index in [-0.39, 0.29) is 22.9 Å². The summed E-state index contributed by atoms with van der Waals surface area (Å²) in [5.74, 6) is 0.313. The van der Waals surface area contributed by atoms with Crippen molar-refractivity contribution < 1.29 is 20.1 Å². The van der Waals surface area contributed by atoms with Crippen LogP contribution in [0.3, 0.4) is 0 Å². The van der Waals surface area contributed by atoms with Crippen molar-refractivity contribution in [1.82, 2.24) is 0 Å². The molecule has 36 heavy (non-hydrogen) atoms. The van der Waals surface area contributed by atoms with Gasteiger partial charge in [0.15, 0.2) is 0 Å². The molecule has 180 valence electrons. The largest absolute Gasteiger partial charge is 0.508 e. The van der Waals surface area contributed by atoms with Crippen LogP contribution in [-0.2, 0) is 0 Å².